The number of hydrogen-bond donors (Lipinski definition) is 1. The maximum absolute atomic E-state index is 5.98. The van der Waals surface area contributed by atoms with E-state index in [9.17, 15) is 0 Å². The molecule has 110 valence electrons. The van der Waals surface area contributed by atoms with E-state index in [0.717, 1.165) is 43.1 Å². The molecule has 1 heterocycles. The average Bonchev–Trinajstić information content (AvgIpc) is 2.47. The van der Waals surface area contributed by atoms with Crippen LogP contribution in [0.25, 0.3) is 0 Å². The van der Waals surface area contributed by atoms with Gasteiger partial charge in [-0.1, -0.05) is 32.1 Å². The number of anilines is 1. The van der Waals surface area contributed by atoms with Gasteiger partial charge in [0.2, 0.25) is 0 Å². The molecule has 1 aliphatic heterocycles. The standard InChI is InChI=1S/C15H22N2OS2/c1-3-11-10-17(8-9-18-11)12-6-5-7-13(20-4-2)14(12)15(16)19/h5-7,11H,3-4,8-10H2,1-2H3,(H2,16,19). The van der Waals surface area contributed by atoms with Gasteiger partial charge in [0.1, 0.15) is 4.99 Å². The first-order valence-corrected chi connectivity index (χ1v) is 8.48. The molecule has 1 aromatic carbocycles. The van der Waals surface area contributed by atoms with Crippen LogP contribution in [0, 0.1) is 0 Å². The van der Waals surface area contributed by atoms with Crippen molar-refractivity contribution in [1.82, 2.24) is 0 Å². The van der Waals surface area contributed by atoms with Gasteiger partial charge in [-0.25, -0.2) is 0 Å². The zero-order valence-electron chi connectivity index (χ0n) is 12.1. The first kappa shape index (κ1) is 15.6. The highest BCUT2D eigenvalue weighted by atomic mass is 32.2. The summed E-state index contributed by atoms with van der Waals surface area (Å²) in [5.41, 5.74) is 8.15. The topological polar surface area (TPSA) is 38.5 Å². The second-order valence-corrected chi connectivity index (χ2v) is 6.54. The Kier molecular flexibility index (Phi) is 5.69. The SMILES string of the molecule is CCSc1cccc(N2CCOC(CC)C2)c1C(N)=S. The molecule has 1 saturated heterocycles. The third-order valence-electron chi connectivity index (χ3n) is 3.49. The highest BCUT2D eigenvalue weighted by molar-refractivity contribution is 7.99. The van der Waals surface area contributed by atoms with Crippen LogP contribution in [0.4, 0.5) is 5.69 Å². The molecule has 5 heteroatoms. The van der Waals surface area contributed by atoms with Crippen molar-refractivity contribution >= 4 is 34.7 Å². The number of hydrogen-bond acceptors (Lipinski definition) is 4. The van der Waals surface area contributed by atoms with Gasteiger partial charge in [0.25, 0.3) is 0 Å². The Balaban J connectivity index is 2.34. The van der Waals surface area contributed by atoms with Gasteiger partial charge in [-0.2, -0.15) is 0 Å². The first-order valence-electron chi connectivity index (χ1n) is 7.09. The summed E-state index contributed by atoms with van der Waals surface area (Å²) in [4.78, 5) is 4.01. The molecule has 0 aromatic heterocycles. The second kappa shape index (κ2) is 7.29. The quantitative estimate of drug-likeness (QED) is 0.668. The van der Waals surface area contributed by atoms with Gasteiger partial charge in [-0.05, 0) is 24.3 Å². The molecule has 20 heavy (non-hydrogen) atoms. The molecule has 0 spiro atoms. The van der Waals surface area contributed by atoms with Crippen LogP contribution in [0.15, 0.2) is 23.1 Å². The fourth-order valence-electron chi connectivity index (χ4n) is 2.49. The number of nitrogens with zero attached hydrogens (tertiary/aromatic N) is 1. The molecule has 0 amide bonds. The van der Waals surface area contributed by atoms with Crippen LogP contribution in [0.5, 0.6) is 0 Å². The largest absolute Gasteiger partial charge is 0.389 e. The molecule has 1 fully saturated rings. The molecule has 0 saturated carbocycles. The van der Waals surface area contributed by atoms with Crippen molar-refractivity contribution in [1.29, 1.82) is 0 Å². The van der Waals surface area contributed by atoms with E-state index in [4.69, 9.17) is 22.7 Å². The van der Waals surface area contributed by atoms with E-state index in [0.29, 0.717) is 11.1 Å². The van der Waals surface area contributed by atoms with Gasteiger partial charge < -0.3 is 15.4 Å². The van der Waals surface area contributed by atoms with Gasteiger partial charge in [-0.3, -0.25) is 0 Å². The molecule has 1 aliphatic rings. The lowest BCUT2D eigenvalue weighted by molar-refractivity contribution is 0.0384. The second-order valence-electron chi connectivity index (χ2n) is 4.79. The Morgan fingerprint density at radius 1 is 1.50 bits per heavy atom. The Hall–Kier alpha value is -0.780. The van der Waals surface area contributed by atoms with Crippen LogP contribution in [0.3, 0.4) is 0 Å². The zero-order valence-corrected chi connectivity index (χ0v) is 13.7. The fraction of sp³-hybridized carbons (Fsp3) is 0.533. The summed E-state index contributed by atoms with van der Waals surface area (Å²) in [7, 11) is 0. The minimum Gasteiger partial charge on any atom is -0.389 e. The van der Waals surface area contributed by atoms with E-state index in [-0.39, 0.29) is 0 Å². The minimum atomic E-state index is 0.297. The summed E-state index contributed by atoms with van der Waals surface area (Å²) in [5, 5.41) is 0. The van der Waals surface area contributed by atoms with Crippen LogP contribution >= 0.6 is 24.0 Å². The summed E-state index contributed by atoms with van der Waals surface area (Å²) < 4.78 is 5.75. The maximum atomic E-state index is 5.98. The monoisotopic (exact) mass is 310 g/mol. The highest BCUT2D eigenvalue weighted by Gasteiger charge is 2.23. The van der Waals surface area contributed by atoms with Crippen molar-refractivity contribution in [2.45, 2.75) is 31.3 Å². The zero-order chi connectivity index (χ0) is 14.5. The van der Waals surface area contributed by atoms with Crippen molar-refractivity contribution in [2.24, 2.45) is 5.73 Å². The number of thioether (sulfide) groups is 1. The van der Waals surface area contributed by atoms with Crippen LogP contribution in [-0.2, 0) is 4.74 Å². The molecule has 2 N–H and O–H groups in total. The molecule has 0 radical (unpaired) electrons. The molecule has 2 rings (SSSR count). The smallest absolute Gasteiger partial charge is 0.107 e. The Morgan fingerprint density at radius 3 is 2.95 bits per heavy atom. The molecule has 0 bridgehead atoms. The third-order valence-corrected chi connectivity index (χ3v) is 4.63. The Labute approximate surface area is 130 Å². The average molecular weight is 310 g/mol. The molecule has 1 atom stereocenters. The molecule has 3 nitrogen and oxygen atoms in total. The van der Waals surface area contributed by atoms with Crippen molar-refractivity contribution in [3.8, 4) is 0 Å². The summed E-state index contributed by atoms with van der Waals surface area (Å²) >= 11 is 7.07. The van der Waals surface area contributed by atoms with Gasteiger partial charge in [0, 0.05) is 29.2 Å². The van der Waals surface area contributed by atoms with E-state index >= 15 is 0 Å². The lowest BCUT2D eigenvalue weighted by Gasteiger charge is -2.35. The maximum Gasteiger partial charge on any atom is 0.107 e. The normalized spacial score (nSPS) is 19.1. The van der Waals surface area contributed by atoms with E-state index in [2.05, 4.69) is 36.9 Å². The van der Waals surface area contributed by atoms with Crippen molar-refractivity contribution in [3.05, 3.63) is 23.8 Å². The molecule has 1 aromatic rings. The number of benzene rings is 1. The molecule has 0 aliphatic carbocycles. The van der Waals surface area contributed by atoms with Gasteiger partial charge >= 0.3 is 0 Å². The number of thiocarbonyl (C=S) groups is 1. The van der Waals surface area contributed by atoms with Gasteiger partial charge in [-0.15, -0.1) is 11.8 Å². The van der Waals surface area contributed by atoms with Crippen molar-refractivity contribution in [2.75, 3.05) is 30.3 Å². The molecule has 1 unspecified atom stereocenters. The first-order chi connectivity index (χ1) is 9.67. The lowest BCUT2D eigenvalue weighted by Crippen LogP contribution is -2.43. The van der Waals surface area contributed by atoms with E-state index < -0.39 is 0 Å². The van der Waals surface area contributed by atoms with Gasteiger partial charge in [0.15, 0.2) is 0 Å². The van der Waals surface area contributed by atoms with Crippen molar-refractivity contribution < 1.29 is 4.74 Å². The molecular weight excluding hydrogens is 288 g/mol. The minimum absolute atomic E-state index is 0.297. The highest BCUT2D eigenvalue weighted by Crippen LogP contribution is 2.32. The molecular formula is C15H22N2OS2. The number of nitrogens with two attached hydrogens (primary N) is 1. The van der Waals surface area contributed by atoms with Gasteiger partial charge in [0.05, 0.1) is 12.7 Å². The van der Waals surface area contributed by atoms with Crippen LogP contribution in [-0.4, -0.2) is 36.5 Å². The summed E-state index contributed by atoms with van der Waals surface area (Å²) in [6.45, 7) is 6.87. The predicted octanol–water partition coefficient (Wildman–Crippen LogP) is 3.05. The van der Waals surface area contributed by atoms with Crippen LogP contribution < -0.4 is 10.6 Å². The Morgan fingerprint density at radius 2 is 2.30 bits per heavy atom. The number of ether oxygens (including phenoxy) is 1. The van der Waals surface area contributed by atoms with Crippen LogP contribution in [0.2, 0.25) is 0 Å². The Bertz CT molecular complexity index is 479. The summed E-state index contributed by atoms with van der Waals surface area (Å²) in [5.74, 6) is 1.01. The van der Waals surface area contributed by atoms with Crippen molar-refractivity contribution in [3.63, 3.8) is 0 Å². The third kappa shape index (κ3) is 3.45. The van der Waals surface area contributed by atoms with E-state index in [1.54, 1.807) is 11.8 Å². The summed E-state index contributed by atoms with van der Waals surface area (Å²) in [6.07, 6.45) is 1.33. The van der Waals surface area contributed by atoms with E-state index in [1.807, 2.05) is 0 Å². The van der Waals surface area contributed by atoms with E-state index in [1.165, 1.54) is 4.90 Å². The number of morpholine rings is 1. The number of rotatable bonds is 5. The fourth-order valence-corrected chi connectivity index (χ4v) is 3.62. The van der Waals surface area contributed by atoms with Crippen LogP contribution in [0.1, 0.15) is 25.8 Å². The lowest BCUT2D eigenvalue weighted by atomic mass is 10.1. The predicted molar refractivity (Wildman–Crippen MR) is 91.0 cm³/mol. The summed E-state index contributed by atoms with van der Waals surface area (Å²) in [6, 6.07) is 6.31.